The molecule has 1 fully saturated rings. The molecule has 2 heteroatoms. The molecular weight excluding hydrogens is 126 g/mol. The Morgan fingerprint density at radius 2 is 2.20 bits per heavy atom. The molecule has 1 aliphatic heterocycles. The highest BCUT2D eigenvalue weighted by Crippen LogP contribution is 2.27. The summed E-state index contributed by atoms with van der Waals surface area (Å²) in [5.41, 5.74) is -0.470. The molecule has 0 bridgehead atoms. The third-order valence-electron chi connectivity index (χ3n) is 2.43. The fourth-order valence-electron chi connectivity index (χ4n) is 1.37. The van der Waals surface area contributed by atoms with Gasteiger partial charge in [-0.2, -0.15) is 0 Å². The minimum atomic E-state index is -0.470. The Balaban J connectivity index is 2.54. The van der Waals surface area contributed by atoms with E-state index >= 15 is 0 Å². The lowest BCUT2D eigenvalue weighted by molar-refractivity contribution is 0.00810. The van der Waals surface area contributed by atoms with E-state index < -0.39 is 5.60 Å². The second kappa shape index (κ2) is 2.51. The van der Waals surface area contributed by atoms with Crippen molar-refractivity contribution in [3.63, 3.8) is 0 Å². The summed E-state index contributed by atoms with van der Waals surface area (Å²) in [6.45, 7) is 5.76. The summed E-state index contributed by atoms with van der Waals surface area (Å²) >= 11 is 0. The fraction of sp³-hybridized carbons (Fsp3) is 0.875. The number of hydrogen-bond donors (Lipinski definition) is 1. The van der Waals surface area contributed by atoms with Gasteiger partial charge in [-0.1, -0.05) is 13.8 Å². The van der Waals surface area contributed by atoms with Gasteiger partial charge in [0.05, 0.1) is 5.60 Å². The van der Waals surface area contributed by atoms with Crippen molar-refractivity contribution in [3.05, 3.63) is 7.05 Å². The number of likely N-dealkylation sites (tertiary alicyclic amines) is 1. The van der Waals surface area contributed by atoms with Crippen LogP contribution >= 0.6 is 0 Å². The van der Waals surface area contributed by atoms with Crippen molar-refractivity contribution in [2.45, 2.75) is 25.9 Å². The third-order valence-corrected chi connectivity index (χ3v) is 2.43. The molecule has 0 saturated carbocycles. The maximum Gasteiger partial charge on any atom is 0.0784 e. The van der Waals surface area contributed by atoms with E-state index in [2.05, 4.69) is 20.9 Å². The molecule has 1 aliphatic rings. The number of rotatable bonds is 1. The van der Waals surface area contributed by atoms with Crippen LogP contribution in [0.4, 0.5) is 0 Å². The van der Waals surface area contributed by atoms with Crippen LogP contribution in [-0.2, 0) is 0 Å². The van der Waals surface area contributed by atoms with Crippen LogP contribution < -0.4 is 0 Å². The number of nitrogens with zero attached hydrogens (tertiary/aromatic N) is 1. The van der Waals surface area contributed by atoms with Gasteiger partial charge in [0.2, 0.25) is 0 Å². The zero-order chi connectivity index (χ0) is 7.78. The van der Waals surface area contributed by atoms with Crippen molar-refractivity contribution >= 4 is 0 Å². The second-order valence-corrected chi connectivity index (χ2v) is 3.56. The summed E-state index contributed by atoms with van der Waals surface area (Å²) in [5, 5.41) is 9.86. The number of aliphatic hydroxyl groups is 1. The zero-order valence-electron chi connectivity index (χ0n) is 6.80. The minimum Gasteiger partial charge on any atom is -0.457 e. The molecule has 0 spiro atoms. The van der Waals surface area contributed by atoms with Gasteiger partial charge in [0.1, 0.15) is 0 Å². The fourth-order valence-corrected chi connectivity index (χ4v) is 1.37. The Kier molecular flexibility index (Phi) is 2.02. The SMILES string of the molecule is [CH2-]N1CCC(O)(C(C)C)C1. The highest BCUT2D eigenvalue weighted by molar-refractivity contribution is 4.91. The van der Waals surface area contributed by atoms with E-state index in [0.717, 1.165) is 19.5 Å². The van der Waals surface area contributed by atoms with Crippen molar-refractivity contribution < 1.29 is 5.11 Å². The van der Waals surface area contributed by atoms with Gasteiger partial charge in [-0.15, -0.1) is 0 Å². The number of β-amino-alcohol motifs (C(OH)–C–C–N with tert-alkyl or cyclic N) is 1. The zero-order valence-corrected chi connectivity index (χ0v) is 6.80. The first-order chi connectivity index (χ1) is 4.54. The van der Waals surface area contributed by atoms with Crippen LogP contribution in [0.1, 0.15) is 20.3 Å². The van der Waals surface area contributed by atoms with E-state index in [1.165, 1.54) is 0 Å². The molecule has 10 heavy (non-hydrogen) atoms. The van der Waals surface area contributed by atoms with Gasteiger partial charge in [0.25, 0.3) is 0 Å². The van der Waals surface area contributed by atoms with Crippen molar-refractivity contribution in [2.24, 2.45) is 5.92 Å². The van der Waals surface area contributed by atoms with Crippen LogP contribution in [0.5, 0.6) is 0 Å². The van der Waals surface area contributed by atoms with Crippen molar-refractivity contribution in [3.8, 4) is 0 Å². The molecule has 0 amide bonds. The maximum absolute atomic E-state index is 9.86. The Bertz CT molecular complexity index is 124. The van der Waals surface area contributed by atoms with E-state index in [4.69, 9.17) is 0 Å². The van der Waals surface area contributed by atoms with Gasteiger partial charge < -0.3 is 10.0 Å². The molecule has 1 atom stereocenters. The van der Waals surface area contributed by atoms with Gasteiger partial charge >= 0.3 is 0 Å². The van der Waals surface area contributed by atoms with Gasteiger partial charge in [0.15, 0.2) is 0 Å². The lowest BCUT2D eigenvalue weighted by Crippen LogP contribution is -2.36. The summed E-state index contributed by atoms with van der Waals surface area (Å²) in [6.07, 6.45) is 0.869. The van der Waals surface area contributed by atoms with Gasteiger partial charge in [-0.25, -0.2) is 0 Å². The molecule has 1 N–H and O–H groups in total. The Morgan fingerprint density at radius 1 is 1.60 bits per heavy atom. The van der Waals surface area contributed by atoms with Crippen molar-refractivity contribution in [1.29, 1.82) is 0 Å². The Hall–Kier alpha value is -0.0800. The van der Waals surface area contributed by atoms with Crippen LogP contribution in [0.2, 0.25) is 0 Å². The lowest BCUT2D eigenvalue weighted by atomic mass is 9.90. The number of hydrogen-bond acceptors (Lipinski definition) is 2. The molecule has 0 aromatic rings. The monoisotopic (exact) mass is 142 g/mol. The molecule has 1 rings (SSSR count). The van der Waals surface area contributed by atoms with Crippen LogP contribution in [0.15, 0.2) is 0 Å². The molecular formula is C8H16NO-. The predicted molar refractivity (Wildman–Crippen MR) is 41.3 cm³/mol. The second-order valence-electron chi connectivity index (χ2n) is 3.56. The van der Waals surface area contributed by atoms with Gasteiger partial charge in [-0.3, -0.25) is 7.05 Å². The predicted octanol–water partition coefficient (Wildman–Crippen LogP) is 0.871. The lowest BCUT2D eigenvalue weighted by Gasteiger charge is -2.28. The van der Waals surface area contributed by atoms with Gasteiger partial charge in [0, 0.05) is 0 Å². The molecule has 1 saturated heterocycles. The molecule has 2 nitrogen and oxygen atoms in total. The van der Waals surface area contributed by atoms with E-state index in [-0.39, 0.29) is 0 Å². The van der Waals surface area contributed by atoms with Crippen LogP contribution in [0, 0.1) is 13.0 Å². The first kappa shape index (κ1) is 8.02. The van der Waals surface area contributed by atoms with E-state index in [1.54, 1.807) is 0 Å². The standard InChI is InChI=1S/C8H16NO/c1-7(2)8(10)4-5-9(3)6-8/h7,10H,3-6H2,1-2H3/q-1. The third kappa shape index (κ3) is 1.32. The molecule has 1 heterocycles. The molecule has 1 unspecified atom stereocenters. The summed E-state index contributed by atoms with van der Waals surface area (Å²) < 4.78 is 0. The quantitative estimate of drug-likeness (QED) is 0.549. The average molecular weight is 142 g/mol. The first-order valence-corrected chi connectivity index (χ1v) is 3.82. The molecule has 0 aliphatic carbocycles. The molecule has 0 radical (unpaired) electrons. The minimum absolute atomic E-state index is 0.347. The smallest absolute Gasteiger partial charge is 0.0784 e. The van der Waals surface area contributed by atoms with Crippen LogP contribution in [0.3, 0.4) is 0 Å². The Morgan fingerprint density at radius 3 is 2.40 bits per heavy atom. The molecule has 0 aromatic carbocycles. The largest absolute Gasteiger partial charge is 0.457 e. The summed E-state index contributed by atoms with van der Waals surface area (Å²) in [4.78, 5) is 1.93. The summed E-state index contributed by atoms with van der Waals surface area (Å²) in [5.74, 6) is 0.347. The molecule has 60 valence electrons. The van der Waals surface area contributed by atoms with E-state index in [1.807, 2.05) is 4.90 Å². The highest BCUT2D eigenvalue weighted by Gasteiger charge is 2.34. The summed E-state index contributed by atoms with van der Waals surface area (Å²) in [7, 11) is 3.79. The van der Waals surface area contributed by atoms with Crippen LogP contribution in [-0.4, -0.2) is 28.7 Å². The first-order valence-electron chi connectivity index (χ1n) is 3.82. The molecule has 0 aromatic heterocycles. The summed E-state index contributed by atoms with van der Waals surface area (Å²) in [6, 6.07) is 0. The van der Waals surface area contributed by atoms with Crippen molar-refractivity contribution in [2.75, 3.05) is 13.1 Å². The van der Waals surface area contributed by atoms with Gasteiger partial charge in [-0.05, 0) is 25.4 Å². The Labute approximate surface area is 62.8 Å². The normalized spacial score (nSPS) is 35.7. The topological polar surface area (TPSA) is 23.5 Å². The van der Waals surface area contributed by atoms with Crippen molar-refractivity contribution in [1.82, 2.24) is 4.90 Å². The van der Waals surface area contributed by atoms with E-state index in [9.17, 15) is 5.11 Å². The van der Waals surface area contributed by atoms with E-state index in [0.29, 0.717) is 5.92 Å². The highest BCUT2D eigenvalue weighted by atomic mass is 16.3. The maximum atomic E-state index is 9.86. The van der Waals surface area contributed by atoms with Crippen LogP contribution in [0.25, 0.3) is 0 Å². The average Bonchev–Trinajstić information content (AvgIpc) is 2.13.